The van der Waals surface area contributed by atoms with Crippen LogP contribution in [0, 0.1) is 5.92 Å². The van der Waals surface area contributed by atoms with Crippen LogP contribution in [0.1, 0.15) is 19.3 Å². The van der Waals surface area contributed by atoms with E-state index in [1.807, 2.05) is 0 Å². The highest BCUT2D eigenvalue weighted by Crippen LogP contribution is 2.27. The van der Waals surface area contributed by atoms with Gasteiger partial charge >= 0.3 is 5.97 Å². The zero-order valence-corrected chi connectivity index (χ0v) is 12.1. The molecule has 2 N–H and O–H groups in total. The van der Waals surface area contributed by atoms with E-state index in [1.54, 1.807) is 0 Å². The van der Waals surface area contributed by atoms with Gasteiger partial charge in [-0.15, -0.1) is 0 Å². The van der Waals surface area contributed by atoms with Gasteiger partial charge in [0.15, 0.2) is 9.84 Å². The second kappa shape index (κ2) is 6.09. The minimum absolute atomic E-state index is 0.0563. The van der Waals surface area contributed by atoms with Gasteiger partial charge in [0.1, 0.15) is 0 Å². The molecule has 20 heavy (non-hydrogen) atoms. The lowest BCUT2D eigenvalue weighted by molar-refractivity contribution is -0.139. The number of hydrogen-bond donors (Lipinski definition) is 2. The van der Waals surface area contributed by atoms with Crippen LogP contribution in [0.5, 0.6) is 0 Å². The monoisotopic (exact) mass is 304 g/mol. The van der Waals surface area contributed by atoms with Crippen LogP contribution in [-0.4, -0.2) is 67.5 Å². The average Bonchev–Trinajstić information content (AvgIpc) is 3.08. The topological polar surface area (TPSA) is 104 Å². The van der Waals surface area contributed by atoms with Crippen LogP contribution >= 0.6 is 0 Å². The smallest absolute Gasteiger partial charge is 0.317 e. The first-order chi connectivity index (χ1) is 9.35. The molecule has 1 atom stereocenters. The van der Waals surface area contributed by atoms with Crippen LogP contribution < -0.4 is 5.32 Å². The number of rotatable bonds is 7. The standard InChI is InChI=1S/C12H20N2O5S/c15-11(13-5-9-1-2-9)6-14(7-12(16)17)10-3-4-20(18,19)8-10/h9-10H,1-8H2,(H,13,15)(H,16,17). The Morgan fingerprint density at radius 3 is 2.40 bits per heavy atom. The van der Waals surface area contributed by atoms with Gasteiger partial charge in [-0.2, -0.15) is 0 Å². The number of nitrogens with one attached hydrogen (secondary N) is 1. The number of nitrogens with zero attached hydrogens (tertiary/aromatic N) is 1. The fraction of sp³-hybridized carbons (Fsp3) is 0.833. The summed E-state index contributed by atoms with van der Waals surface area (Å²) < 4.78 is 22.9. The number of carbonyl (C=O) groups is 2. The van der Waals surface area contributed by atoms with Crippen LogP contribution in [0.4, 0.5) is 0 Å². The first-order valence-electron chi connectivity index (χ1n) is 6.79. The lowest BCUT2D eigenvalue weighted by Gasteiger charge is -2.25. The van der Waals surface area contributed by atoms with E-state index in [4.69, 9.17) is 5.11 Å². The third-order valence-corrected chi connectivity index (χ3v) is 5.45. The third kappa shape index (κ3) is 4.75. The van der Waals surface area contributed by atoms with Crippen molar-refractivity contribution >= 4 is 21.7 Å². The molecule has 1 aliphatic carbocycles. The first-order valence-corrected chi connectivity index (χ1v) is 8.61. The van der Waals surface area contributed by atoms with E-state index in [1.165, 1.54) is 4.90 Å². The molecule has 2 rings (SSSR count). The molecule has 0 radical (unpaired) electrons. The maximum absolute atomic E-state index is 11.8. The number of aliphatic carboxylic acids is 1. The van der Waals surface area contributed by atoms with Gasteiger partial charge in [0.2, 0.25) is 5.91 Å². The molecule has 1 amide bonds. The maximum atomic E-state index is 11.8. The van der Waals surface area contributed by atoms with E-state index in [0.29, 0.717) is 18.9 Å². The molecule has 0 aromatic rings. The quantitative estimate of drug-likeness (QED) is 0.631. The lowest BCUT2D eigenvalue weighted by atomic mass is 10.2. The number of hydrogen-bond acceptors (Lipinski definition) is 5. The van der Waals surface area contributed by atoms with E-state index in [-0.39, 0.29) is 36.5 Å². The predicted molar refractivity (Wildman–Crippen MR) is 72.0 cm³/mol. The Balaban J connectivity index is 1.88. The summed E-state index contributed by atoms with van der Waals surface area (Å²) in [5, 5.41) is 11.7. The Bertz CT molecular complexity index is 486. The third-order valence-electron chi connectivity index (χ3n) is 3.69. The van der Waals surface area contributed by atoms with E-state index in [2.05, 4.69) is 5.32 Å². The van der Waals surface area contributed by atoms with Gasteiger partial charge in [-0.3, -0.25) is 14.5 Å². The first kappa shape index (κ1) is 15.2. The fourth-order valence-electron chi connectivity index (χ4n) is 2.37. The summed E-state index contributed by atoms with van der Waals surface area (Å²) in [4.78, 5) is 24.1. The van der Waals surface area contributed by atoms with Gasteiger partial charge in [-0.25, -0.2) is 8.42 Å². The minimum atomic E-state index is -3.09. The van der Waals surface area contributed by atoms with Crippen LogP contribution in [0.25, 0.3) is 0 Å². The summed E-state index contributed by atoms with van der Waals surface area (Å²) in [5.74, 6) is -0.723. The molecule has 2 fully saturated rings. The number of carboxylic acids is 1. The molecule has 1 saturated heterocycles. The van der Waals surface area contributed by atoms with Crippen LogP contribution in [-0.2, 0) is 19.4 Å². The van der Waals surface area contributed by atoms with E-state index in [9.17, 15) is 18.0 Å². The highest BCUT2D eigenvalue weighted by Gasteiger charge is 2.34. The van der Waals surface area contributed by atoms with Gasteiger partial charge in [-0.1, -0.05) is 0 Å². The van der Waals surface area contributed by atoms with Crippen LogP contribution in [0.2, 0.25) is 0 Å². The number of carbonyl (C=O) groups excluding carboxylic acids is 1. The fourth-order valence-corrected chi connectivity index (χ4v) is 4.13. The van der Waals surface area contributed by atoms with Crippen molar-refractivity contribution in [3.63, 3.8) is 0 Å². The summed E-state index contributed by atoms with van der Waals surface area (Å²) in [5.41, 5.74) is 0. The molecule has 0 bridgehead atoms. The van der Waals surface area contributed by atoms with Crippen molar-refractivity contribution in [2.24, 2.45) is 5.92 Å². The summed E-state index contributed by atoms with van der Waals surface area (Å²) in [6.45, 7) is 0.263. The zero-order valence-electron chi connectivity index (χ0n) is 11.2. The molecule has 0 aromatic heterocycles. The van der Waals surface area contributed by atoms with Crippen LogP contribution in [0.15, 0.2) is 0 Å². The Labute approximate surface area is 118 Å². The molecule has 0 spiro atoms. The van der Waals surface area contributed by atoms with Gasteiger partial charge in [0, 0.05) is 12.6 Å². The van der Waals surface area contributed by atoms with Crippen molar-refractivity contribution in [1.82, 2.24) is 10.2 Å². The summed E-state index contributed by atoms with van der Waals surface area (Å²) in [6, 6.07) is -0.372. The number of amides is 1. The molecule has 1 unspecified atom stereocenters. The molecule has 1 heterocycles. The predicted octanol–water partition coefficient (Wildman–Crippen LogP) is -0.914. The van der Waals surface area contributed by atoms with Crippen LogP contribution in [0.3, 0.4) is 0 Å². The molecule has 1 aliphatic heterocycles. The minimum Gasteiger partial charge on any atom is -0.480 e. The van der Waals surface area contributed by atoms with Crippen molar-refractivity contribution in [1.29, 1.82) is 0 Å². The Morgan fingerprint density at radius 1 is 1.20 bits per heavy atom. The summed E-state index contributed by atoms with van der Waals surface area (Å²) in [7, 11) is -3.09. The summed E-state index contributed by atoms with van der Waals surface area (Å²) in [6.07, 6.45) is 2.64. The van der Waals surface area contributed by atoms with E-state index >= 15 is 0 Å². The highest BCUT2D eigenvalue weighted by atomic mass is 32.2. The SMILES string of the molecule is O=C(O)CN(CC(=O)NCC1CC1)C1CCS(=O)(=O)C1. The number of carboxylic acid groups (broad SMARTS) is 1. The van der Waals surface area contributed by atoms with E-state index < -0.39 is 15.8 Å². The Kier molecular flexibility index (Phi) is 4.64. The highest BCUT2D eigenvalue weighted by molar-refractivity contribution is 7.91. The summed E-state index contributed by atoms with van der Waals surface area (Å²) >= 11 is 0. The molecular formula is C12H20N2O5S. The molecule has 2 aliphatic rings. The molecule has 114 valence electrons. The Hall–Kier alpha value is -1.15. The Morgan fingerprint density at radius 2 is 1.90 bits per heavy atom. The lowest BCUT2D eigenvalue weighted by Crippen LogP contribution is -2.46. The van der Waals surface area contributed by atoms with Crippen molar-refractivity contribution in [3.8, 4) is 0 Å². The molecular weight excluding hydrogens is 284 g/mol. The van der Waals surface area contributed by atoms with E-state index in [0.717, 1.165) is 12.8 Å². The second-order valence-electron chi connectivity index (χ2n) is 5.60. The average molecular weight is 304 g/mol. The van der Waals surface area contributed by atoms with Gasteiger partial charge in [0.25, 0.3) is 0 Å². The van der Waals surface area contributed by atoms with Crippen molar-refractivity contribution < 1.29 is 23.1 Å². The largest absolute Gasteiger partial charge is 0.480 e. The van der Waals surface area contributed by atoms with Gasteiger partial charge in [-0.05, 0) is 25.2 Å². The number of sulfone groups is 1. The maximum Gasteiger partial charge on any atom is 0.317 e. The van der Waals surface area contributed by atoms with Crippen molar-refractivity contribution in [2.75, 3.05) is 31.1 Å². The second-order valence-corrected chi connectivity index (χ2v) is 7.83. The molecule has 0 aromatic carbocycles. The molecule has 7 nitrogen and oxygen atoms in total. The molecule has 1 saturated carbocycles. The van der Waals surface area contributed by atoms with Crippen molar-refractivity contribution in [3.05, 3.63) is 0 Å². The van der Waals surface area contributed by atoms with Crippen molar-refractivity contribution in [2.45, 2.75) is 25.3 Å². The van der Waals surface area contributed by atoms with Gasteiger partial charge < -0.3 is 10.4 Å². The zero-order chi connectivity index (χ0) is 14.8. The normalized spacial score (nSPS) is 24.8. The van der Waals surface area contributed by atoms with Gasteiger partial charge in [0.05, 0.1) is 24.6 Å². The molecule has 8 heteroatoms.